The summed E-state index contributed by atoms with van der Waals surface area (Å²) in [5.74, 6) is -0.744. The van der Waals surface area contributed by atoms with Crippen LogP contribution in [0.25, 0.3) is 6.08 Å². The maximum absolute atomic E-state index is 13.4. The molecule has 1 N–H and O–H groups in total. The van der Waals surface area contributed by atoms with Gasteiger partial charge < -0.3 is 5.32 Å². The maximum Gasteiger partial charge on any atom is 0.130 e. The summed E-state index contributed by atoms with van der Waals surface area (Å²) >= 11 is 0. The van der Waals surface area contributed by atoms with E-state index in [0.29, 0.717) is 5.56 Å². The van der Waals surface area contributed by atoms with Gasteiger partial charge in [0, 0.05) is 5.56 Å². The summed E-state index contributed by atoms with van der Waals surface area (Å²) in [5, 5.41) is 3.28. The van der Waals surface area contributed by atoms with Gasteiger partial charge in [-0.05, 0) is 50.6 Å². The third-order valence-corrected chi connectivity index (χ3v) is 2.79. The summed E-state index contributed by atoms with van der Waals surface area (Å²) in [6.07, 6.45) is 4.72. The fraction of sp³-hybridized carbons (Fsp3) is 0.385. The molecule has 0 saturated carbocycles. The molecule has 0 spiro atoms. The molecule has 1 fully saturated rings. The summed E-state index contributed by atoms with van der Waals surface area (Å²) in [4.78, 5) is 0. The van der Waals surface area contributed by atoms with Crippen LogP contribution in [0.4, 0.5) is 8.78 Å². The van der Waals surface area contributed by atoms with Crippen molar-refractivity contribution in [1.82, 2.24) is 5.32 Å². The van der Waals surface area contributed by atoms with Crippen LogP contribution in [0, 0.1) is 11.6 Å². The van der Waals surface area contributed by atoms with Crippen molar-refractivity contribution in [3.8, 4) is 0 Å². The van der Waals surface area contributed by atoms with Gasteiger partial charge >= 0.3 is 0 Å². The predicted molar refractivity (Wildman–Crippen MR) is 68.3 cm³/mol. The maximum atomic E-state index is 13.4. The molecule has 1 aromatic rings. The molecule has 1 nitrogen and oxygen atoms in total. The van der Waals surface area contributed by atoms with Crippen LogP contribution in [0.2, 0.25) is 0 Å². The first kappa shape index (κ1) is 14.1. The fourth-order valence-electron chi connectivity index (χ4n) is 1.93. The smallest absolute Gasteiger partial charge is 0.130 e. The molecular weight excluding hydrogens is 244 g/mol. The standard InChI is InChI=1S/C13H15F2N.ClH/c14-12-3-4-13(15)11(9-12)8-10-2-1-6-16-7-5-10;/h3-4,8-9,16H,1-2,5-7H2;1H/b10-8-;. The minimum Gasteiger partial charge on any atom is -0.316 e. The van der Waals surface area contributed by atoms with Gasteiger partial charge in [-0.1, -0.05) is 11.6 Å². The molecule has 1 aromatic carbocycles. The van der Waals surface area contributed by atoms with E-state index in [1.807, 2.05) is 0 Å². The Bertz CT molecular complexity index is 394. The van der Waals surface area contributed by atoms with Crippen molar-refractivity contribution < 1.29 is 8.78 Å². The second-order valence-electron chi connectivity index (χ2n) is 4.07. The molecule has 1 saturated heterocycles. The number of rotatable bonds is 1. The highest BCUT2D eigenvalue weighted by Gasteiger charge is 2.06. The van der Waals surface area contributed by atoms with Gasteiger partial charge in [0.25, 0.3) is 0 Å². The Balaban J connectivity index is 0.00000144. The van der Waals surface area contributed by atoms with Gasteiger partial charge in [0.2, 0.25) is 0 Å². The minimum atomic E-state index is -0.389. The lowest BCUT2D eigenvalue weighted by atomic mass is 10.0. The molecule has 1 heterocycles. The summed E-state index contributed by atoms with van der Waals surface area (Å²) in [5.41, 5.74) is 1.55. The van der Waals surface area contributed by atoms with E-state index in [1.165, 1.54) is 17.7 Å². The van der Waals surface area contributed by atoms with E-state index in [2.05, 4.69) is 5.32 Å². The number of benzene rings is 1. The van der Waals surface area contributed by atoms with Gasteiger partial charge in [-0.2, -0.15) is 0 Å². The van der Waals surface area contributed by atoms with Gasteiger partial charge in [-0.15, -0.1) is 12.4 Å². The number of halogens is 3. The van der Waals surface area contributed by atoms with E-state index in [9.17, 15) is 8.78 Å². The first-order valence-electron chi connectivity index (χ1n) is 5.61. The normalized spacial score (nSPS) is 18.6. The summed E-state index contributed by atoms with van der Waals surface area (Å²) in [6.45, 7) is 1.92. The first-order chi connectivity index (χ1) is 7.75. The van der Waals surface area contributed by atoms with Crippen molar-refractivity contribution in [3.05, 3.63) is 41.0 Å². The molecule has 0 atom stereocenters. The molecule has 0 aliphatic carbocycles. The molecule has 0 amide bonds. The SMILES string of the molecule is Cl.Fc1ccc(F)c(/C=C2/CCCNCC2)c1. The number of nitrogens with one attached hydrogen (secondary N) is 1. The second-order valence-corrected chi connectivity index (χ2v) is 4.07. The van der Waals surface area contributed by atoms with Crippen molar-refractivity contribution in [2.75, 3.05) is 13.1 Å². The van der Waals surface area contributed by atoms with Gasteiger partial charge in [0.05, 0.1) is 0 Å². The van der Waals surface area contributed by atoms with Crippen LogP contribution in [0.5, 0.6) is 0 Å². The van der Waals surface area contributed by atoms with Crippen LogP contribution in [0.1, 0.15) is 24.8 Å². The Morgan fingerprint density at radius 3 is 2.76 bits per heavy atom. The van der Waals surface area contributed by atoms with Crippen molar-refractivity contribution in [3.63, 3.8) is 0 Å². The molecule has 0 radical (unpaired) electrons. The zero-order chi connectivity index (χ0) is 11.4. The first-order valence-corrected chi connectivity index (χ1v) is 5.61. The highest BCUT2D eigenvalue weighted by atomic mass is 35.5. The van der Waals surface area contributed by atoms with Crippen LogP contribution in [-0.2, 0) is 0 Å². The third kappa shape index (κ3) is 4.10. The average molecular weight is 260 g/mol. The fourth-order valence-corrected chi connectivity index (χ4v) is 1.93. The quantitative estimate of drug-likeness (QED) is 0.813. The predicted octanol–water partition coefficient (Wildman–Crippen LogP) is 3.54. The minimum absolute atomic E-state index is 0. The lowest BCUT2D eigenvalue weighted by Gasteiger charge is -2.03. The summed E-state index contributed by atoms with van der Waals surface area (Å²) in [6, 6.07) is 3.57. The molecule has 2 rings (SSSR count). The largest absolute Gasteiger partial charge is 0.316 e. The molecule has 1 aliphatic heterocycles. The van der Waals surface area contributed by atoms with E-state index < -0.39 is 0 Å². The Morgan fingerprint density at radius 2 is 1.94 bits per heavy atom. The van der Waals surface area contributed by atoms with Crippen LogP contribution < -0.4 is 5.32 Å². The van der Waals surface area contributed by atoms with Crippen LogP contribution in [0.3, 0.4) is 0 Å². The van der Waals surface area contributed by atoms with E-state index in [4.69, 9.17) is 0 Å². The van der Waals surface area contributed by atoms with Crippen molar-refractivity contribution >= 4 is 18.5 Å². The Morgan fingerprint density at radius 1 is 1.12 bits per heavy atom. The zero-order valence-electron chi connectivity index (χ0n) is 9.51. The van der Waals surface area contributed by atoms with Gasteiger partial charge in [0.1, 0.15) is 11.6 Å². The van der Waals surface area contributed by atoms with Crippen LogP contribution in [0.15, 0.2) is 23.8 Å². The monoisotopic (exact) mass is 259 g/mol. The van der Waals surface area contributed by atoms with E-state index in [1.54, 1.807) is 6.08 Å². The Hall–Kier alpha value is -0.930. The molecule has 0 aromatic heterocycles. The molecule has 0 bridgehead atoms. The summed E-state index contributed by atoms with van der Waals surface area (Å²) < 4.78 is 26.4. The van der Waals surface area contributed by atoms with Gasteiger partial charge in [-0.3, -0.25) is 0 Å². The Kier molecular flexibility index (Phi) is 5.59. The van der Waals surface area contributed by atoms with Crippen LogP contribution >= 0.6 is 12.4 Å². The molecule has 1 aliphatic rings. The molecule has 4 heteroatoms. The molecule has 0 unspecified atom stereocenters. The lowest BCUT2D eigenvalue weighted by molar-refractivity contribution is 0.597. The molecule has 17 heavy (non-hydrogen) atoms. The highest BCUT2D eigenvalue weighted by Crippen LogP contribution is 2.19. The number of hydrogen-bond donors (Lipinski definition) is 1. The van der Waals surface area contributed by atoms with E-state index in [-0.39, 0.29) is 24.0 Å². The Labute approximate surface area is 106 Å². The van der Waals surface area contributed by atoms with E-state index in [0.717, 1.165) is 38.4 Å². The van der Waals surface area contributed by atoms with Crippen molar-refractivity contribution in [2.45, 2.75) is 19.3 Å². The third-order valence-electron chi connectivity index (χ3n) is 2.79. The van der Waals surface area contributed by atoms with Crippen molar-refractivity contribution in [2.24, 2.45) is 0 Å². The van der Waals surface area contributed by atoms with E-state index >= 15 is 0 Å². The van der Waals surface area contributed by atoms with Gasteiger partial charge in [-0.25, -0.2) is 8.78 Å². The lowest BCUT2D eigenvalue weighted by Crippen LogP contribution is -2.13. The molecule has 94 valence electrons. The zero-order valence-corrected chi connectivity index (χ0v) is 10.3. The highest BCUT2D eigenvalue weighted by molar-refractivity contribution is 5.85. The molecular formula is C13H16ClF2N. The average Bonchev–Trinajstić information content (AvgIpc) is 2.52. The topological polar surface area (TPSA) is 12.0 Å². The van der Waals surface area contributed by atoms with Gasteiger partial charge in [0.15, 0.2) is 0 Å². The van der Waals surface area contributed by atoms with Crippen LogP contribution in [-0.4, -0.2) is 13.1 Å². The summed E-state index contributed by atoms with van der Waals surface area (Å²) in [7, 11) is 0. The second kappa shape index (κ2) is 6.72. The number of hydrogen-bond acceptors (Lipinski definition) is 1. The van der Waals surface area contributed by atoms with Crippen molar-refractivity contribution in [1.29, 1.82) is 0 Å².